The smallest absolute Gasteiger partial charge is 0.228 e. The number of ether oxygens (including phenoxy) is 1. The number of nitrogens with zero attached hydrogens (tertiary/aromatic N) is 3. The number of hydrogen-bond acceptors (Lipinski definition) is 6. The van der Waals surface area contributed by atoms with E-state index in [1.54, 1.807) is 11.3 Å². The zero-order chi connectivity index (χ0) is 20.1. The third-order valence-corrected chi connectivity index (χ3v) is 7.06. The fourth-order valence-corrected chi connectivity index (χ4v) is 5.28. The summed E-state index contributed by atoms with van der Waals surface area (Å²) in [5, 5.41) is 5.08. The molecule has 1 saturated carbocycles. The summed E-state index contributed by atoms with van der Waals surface area (Å²) in [5.74, 6) is 2.61. The van der Waals surface area contributed by atoms with Gasteiger partial charge in [-0.3, -0.25) is 0 Å². The molecule has 1 aliphatic carbocycles. The van der Waals surface area contributed by atoms with Crippen molar-refractivity contribution < 1.29 is 4.74 Å². The number of anilines is 1. The second kappa shape index (κ2) is 7.38. The Kier molecular flexibility index (Phi) is 4.52. The molecule has 0 atom stereocenters. The highest BCUT2D eigenvalue weighted by Crippen LogP contribution is 2.45. The van der Waals surface area contributed by atoms with Crippen LogP contribution in [0.4, 0.5) is 5.82 Å². The SMILES string of the molecule is Clc1cccc2sc(C3=Cc4ccc(N5CCCNCC5)nc4OC3=C3CC3)nc12. The fourth-order valence-electron chi connectivity index (χ4n) is 4.00. The van der Waals surface area contributed by atoms with Gasteiger partial charge in [0, 0.05) is 25.2 Å². The van der Waals surface area contributed by atoms with Crippen LogP contribution in [0.15, 0.2) is 41.7 Å². The van der Waals surface area contributed by atoms with Crippen molar-refractivity contribution in [1.82, 2.24) is 15.3 Å². The van der Waals surface area contributed by atoms with Gasteiger partial charge in [-0.25, -0.2) is 4.98 Å². The molecule has 3 aliphatic rings. The summed E-state index contributed by atoms with van der Waals surface area (Å²) in [6, 6.07) is 10.1. The average Bonchev–Trinajstić information content (AvgIpc) is 3.56. The van der Waals surface area contributed by atoms with Gasteiger partial charge in [0.15, 0.2) is 0 Å². The van der Waals surface area contributed by atoms with Crippen molar-refractivity contribution in [3.8, 4) is 5.88 Å². The first-order valence-electron chi connectivity index (χ1n) is 10.4. The van der Waals surface area contributed by atoms with Crippen molar-refractivity contribution in [2.24, 2.45) is 0 Å². The predicted octanol–water partition coefficient (Wildman–Crippen LogP) is 5.13. The van der Waals surface area contributed by atoms with Crippen LogP contribution in [-0.2, 0) is 0 Å². The lowest BCUT2D eigenvalue weighted by molar-refractivity contribution is 0.424. The molecular weight excluding hydrogens is 416 g/mol. The van der Waals surface area contributed by atoms with E-state index >= 15 is 0 Å². The first-order chi connectivity index (χ1) is 14.8. The normalized spacial score (nSPS) is 18.7. The van der Waals surface area contributed by atoms with Crippen LogP contribution in [0.5, 0.6) is 5.88 Å². The Morgan fingerprint density at radius 1 is 1.07 bits per heavy atom. The standard InChI is InChI=1S/C23H21ClN4OS/c24-17-3-1-4-18-20(17)27-23(30-18)16-13-15-7-8-19(28-11-2-9-25-10-12-28)26-22(15)29-21(16)14-5-6-14/h1,3-4,7-8,13,25H,2,5-6,9-12H2. The zero-order valence-electron chi connectivity index (χ0n) is 16.4. The molecule has 7 heteroatoms. The first-order valence-corrected chi connectivity index (χ1v) is 11.6. The number of rotatable bonds is 2. The summed E-state index contributed by atoms with van der Waals surface area (Å²) in [7, 11) is 0. The molecule has 1 aromatic carbocycles. The number of thiazole rings is 1. The van der Waals surface area contributed by atoms with E-state index in [4.69, 9.17) is 26.3 Å². The van der Waals surface area contributed by atoms with E-state index in [0.29, 0.717) is 10.9 Å². The van der Waals surface area contributed by atoms with Crippen LogP contribution in [-0.4, -0.2) is 36.1 Å². The largest absolute Gasteiger partial charge is 0.438 e. The van der Waals surface area contributed by atoms with E-state index < -0.39 is 0 Å². The molecule has 5 nitrogen and oxygen atoms in total. The molecule has 0 spiro atoms. The summed E-state index contributed by atoms with van der Waals surface area (Å²) in [4.78, 5) is 12.1. The Morgan fingerprint density at radius 3 is 2.87 bits per heavy atom. The second-order valence-electron chi connectivity index (χ2n) is 7.85. The van der Waals surface area contributed by atoms with Crippen LogP contribution in [0.1, 0.15) is 29.8 Å². The molecule has 4 heterocycles. The molecule has 2 aliphatic heterocycles. The zero-order valence-corrected chi connectivity index (χ0v) is 18.0. The highest BCUT2D eigenvalue weighted by molar-refractivity contribution is 7.19. The van der Waals surface area contributed by atoms with Crippen LogP contribution >= 0.6 is 22.9 Å². The van der Waals surface area contributed by atoms with E-state index in [-0.39, 0.29) is 0 Å². The summed E-state index contributed by atoms with van der Waals surface area (Å²) in [6.45, 7) is 4.03. The second-order valence-corrected chi connectivity index (χ2v) is 9.29. The van der Waals surface area contributed by atoms with Crippen LogP contribution in [0.2, 0.25) is 5.02 Å². The van der Waals surface area contributed by atoms with Gasteiger partial charge in [0.05, 0.1) is 15.3 Å². The Morgan fingerprint density at radius 2 is 2.00 bits per heavy atom. The molecule has 152 valence electrons. The highest BCUT2D eigenvalue weighted by Gasteiger charge is 2.30. The maximum absolute atomic E-state index is 6.40. The van der Waals surface area contributed by atoms with E-state index in [0.717, 1.165) is 83.4 Å². The molecule has 1 saturated heterocycles. The molecule has 1 N–H and O–H groups in total. The first kappa shape index (κ1) is 18.4. The number of halogens is 1. The number of aromatic nitrogens is 2. The van der Waals surface area contributed by atoms with Crippen molar-refractivity contribution in [3.63, 3.8) is 0 Å². The minimum Gasteiger partial charge on any atom is -0.438 e. The van der Waals surface area contributed by atoms with Crippen molar-refractivity contribution >= 4 is 50.6 Å². The predicted molar refractivity (Wildman–Crippen MR) is 123 cm³/mol. The number of benzene rings is 1. The van der Waals surface area contributed by atoms with Gasteiger partial charge in [-0.1, -0.05) is 17.7 Å². The number of fused-ring (bicyclic) bond motifs is 2. The van der Waals surface area contributed by atoms with Crippen molar-refractivity contribution in [2.45, 2.75) is 19.3 Å². The summed E-state index contributed by atoms with van der Waals surface area (Å²) < 4.78 is 7.49. The van der Waals surface area contributed by atoms with Gasteiger partial charge in [-0.05, 0) is 61.7 Å². The van der Waals surface area contributed by atoms with Gasteiger partial charge in [-0.2, -0.15) is 4.98 Å². The van der Waals surface area contributed by atoms with Crippen molar-refractivity contribution in [2.75, 3.05) is 31.1 Å². The lowest BCUT2D eigenvalue weighted by atomic mass is 10.1. The van der Waals surface area contributed by atoms with Gasteiger partial charge in [0.2, 0.25) is 5.88 Å². The van der Waals surface area contributed by atoms with Gasteiger partial charge in [-0.15, -0.1) is 11.3 Å². The molecule has 2 aromatic heterocycles. The molecule has 2 fully saturated rings. The summed E-state index contributed by atoms with van der Waals surface area (Å²) >= 11 is 8.02. The number of nitrogens with one attached hydrogen (secondary N) is 1. The molecule has 0 unspecified atom stereocenters. The van der Waals surface area contributed by atoms with Crippen LogP contribution in [0, 0.1) is 0 Å². The fraction of sp³-hybridized carbons (Fsp3) is 0.304. The number of para-hydroxylation sites is 1. The van der Waals surface area contributed by atoms with Gasteiger partial charge < -0.3 is 15.0 Å². The third-order valence-electron chi connectivity index (χ3n) is 5.70. The van der Waals surface area contributed by atoms with E-state index in [1.165, 1.54) is 5.57 Å². The number of allylic oxidation sites excluding steroid dienone is 2. The minimum atomic E-state index is 0.687. The molecular formula is C23H21ClN4OS. The third kappa shape index (κ3) is 3.29. The number of hydrogen-bond donors (Lipinski definition) is 1. The minimum absolute atomic E-state index is 0.687. The summed E-state index contributed by atoms with van der Waals surface area (Å²) in [6.07, 6.45) is 5.45. The maximum Gasteiger partial charge on any atom is 0.228 e. The Hall–Kier alpha value is -2.41. The quantitative estimate of drug-likeness (QED) is 0.603. The van der Waals surface area contributed by atoms with Gasteiger partial charge >= 0.3 is 0 Å². The lowest BCUT2D eigenvalue weighted by Crippen LogP contribution is -2.28. The Balaban J connectivity index is 1.42. The van der Waals surface area contributed by atoms with Crippen LogP contribution < -0.4 is 15.0 Å². The monoisotopic (exact) mass is 436 g/mol. The molecule has 0 bridgehead atoms. The Labute approximate surface area is 184 Å². The maximum atomic E-state index is 6.40. The molecule has 3 aromatic rings. The lowest BCUT2D eigenvalue weighted by Gasteiger charge is -2.24. The molecule has 0 amide bonds. The topological polar surface area (TPSA) is 50.3 Å². The van der Waals surface area contributed by atoms with Crippen molar-refractivity contribution in [1.29, 1.82) is 0 Å². The molecule has 30 heavy (non-hydrogen) atoms. The molecule has 6 rings (SSSR count). The summed E-state index contributed by atoms with van der Waals surface area (Å²) in [5.41, 5.74) is 4.23. The average molecular weight is 437 g/mol. The van der Waals surface area contributed by atoms with Crippen LogP contribution in [0.25, 0.3) is 21.9 Å². The number of pyridine rings is 1. The van der Waals surface area contributed by atoms with Gasteiger partial charge in [0.25, 0.3) is 0 Å². The van der Waals surface area contributed by atoms with E-state index in [1.807, 2.05) is 12.1 Å². The van der Waals surface area contributed by atoms with Crippen molar-refractivity contribution in [3.05, 3.63) is 57.3 Å². The van der Waals surface area contributed by atoms with Gasteiger partial charge in [0.1, 0.15) is 22.1 Å². The highest BCUT2D eigenvalue weighted by atomic mass is 35.5. The molecule has 0 radical (unpaired) electrons. The van der Waals surface area contributed by atoms with E-state index in [2.05, 4.69) is 34.5 Å². The van der Waals surface area contributed by atoms with E-state index in [9.17, 15) is 0 Å². The Bertz CT molecular complexity index is 1200. The van der Waals surface area contributed by atoms with Crippen LogP contribution in [0.3, 0.4) is 0 Å².